The first-order valence-electron chi connectivity index (χ1n) is 4.37. The van der Waals surface area contributed by atoms with Gasteiger partial charge in [0.05, 0.1) is 4.92 Å². The lowest BCUT2D eigenvalue weighted by Crippen LogP contribution is -2.34. The van der Waals surface area contributed by atoms with Gasteiger partial charge in [-0.1, -0.05) is 0 Å². The predicted molar refractivity (Wildman–Crippen MR) is 53.4 cm³/mol. The van der Waals surface area contributed by atoms with E-state index in [1.54, 1.807) is 5.43 Å². The number of hydrogen-bond acceptors (Lipinski definition) is 5. The number of alkyl halides is 2. The number of aromatic nitrogens is 1. The summed E-state index contributed by atoms with van der Waals surface area (Å²) in [6, 6.07) is 1.20. The third-order valence-electron chi connectivity index (χ3n) is 1.78. The number of nitro groups is 1. The second-order valence-corrected chi connectivity index (χ2v) is 3.03. The molecule has 0 radical (unpaired) electrons. The molecule has 1 aromatic rings. The lowest BCUT2D eigenvalue weighted by Gasteiger charge is -2.08. The highest BCUT2D eigenvalue weighted by atomic mass is 19.3. The summed E-state index contributed by atoms with van der Waals surface area (Å²) in [5.41, 5.74) is 3.98. The van der Waals surface area contributed by atoms with Crippen LogP contribution in [0.2, 0.25) is 0 Å². The predicted octanol–water partition coefficient (Wildman–Crippen LogP) is 1.01. The highest BCUT2D eigenvalue weighted by Gasteiger charge is 2.15. The maximum Gasteiger partial charge on any atom is 0.317 e. The van der Waals surface area contributed by atoms with Crippen molar-refractivity contribution in [2.75, 3.05) is 5.43 Å². The number of pyridine rings is 1. The summed E-state index contributed by atoms with van der Waals surface area (Å²) < 4.78 is 23.7. The molecule has 1 amide bonds. The summed E-state index contributed by atoms with van der Waals surface area (Å²) in [5.74, 6) is -1.45. The molecule has 0 atom stereocenters. The Kier molecular flexibility index (Phi) is 3.86. The van der Waals surface area contributed by atoms with Crippen molar-refractivity contribution in [1.29, 1.82) is 0 Å². The Morgan fingerprint density at radius 2 is 2.24 bits per heavy atom. The minimum absolute atomic E-state index is 0.0598. The van der Waals surface area contributed by atoms with Crippen molar-refractivity contribution in [3.05, 3.63) is 27.9 Å². The van der Waals surface area contributed by atoms with Crippen LogP contribution in [0.3, 0.4) is 0 Å². The van der Waals surface area contributed by atoms with Gasteiger partial charge in [-0.05, 0) is 12.5 Å². The van der Waals surface area contributed by atoms with Crippen LogP contribution < -0.4 is 10.9 Å². The summed E-state index contributed by atoms with van der Waals surface area (Å²) in [6.07, 6.45) is -2.20. The van der Waals surface area contributed by atoms with Gasteiger partial charge in [0.25, 0.3) is 5.69 Å². The molecule has 1 aromatic heterocycles. The number of nitrogens with one attached hydrogen (secondary N) is 2. The standard InChI is InChI=1S/C8H8F2N4O3/c1-4-2-5(14(16)17)3-11-7(4)12-13-8(15)6(9)10/h2-3,6H,1H3,(H,11,12)(H,13,15). The second-order valence-electron chi connectivity index (χ2n) is 3.03. The summed E-state index contributed by atoms with van der Waals surface area (Å²) >= 11 is 0. The molecule has 0 spiro atoms. The number of rotatable bonds is 4. The van der Waals surface area contributed by atoms with Gasteiger partial charge in [0.15, 0.2) is 0 Å². The Morgan fingerprint density at radius 3 is 2.71 bits per heavy atom. The molecule has 0 aromatic carbocycles. The molecule has 0 aliphatic heterocycles. The number of carbonyl (C=O) groups excluding carboxylic acids is 1. The van der Waals surface area contributed by atoms with Gasteiger partial charge in [-0.15, -0.1) is 0 Å². The molecule has 0 aliphatic carbocycles. The molecule has 1 rings (SSSR count). The number of carbonyl (C=O) groups is 1. The van der Waals surface area contributed by atoms with Gasteiger partial charge in [0, 0.05) is 6.07 Å². The summed E-state index contributed by atoms with van der Waals surface area (Å²) in [4.78, 5) is 23.9. The number of halogens is 2. The molecule has 7 nitrogen and oxygen atoms in total. The molecule has 2 N–H and O–H groups in total. The monoisotopic (exact) mass is 246 g/mol. The van der Waals surface area contributed by atoms with Gasteiger partial charge in [-0.2, -0.15) is 8.78 Å². The van der Waals surface area contributed by atoms with Gasteiger partial charge in [-0.3, -0.25) is 25.8 Å². The van der Waals surface area contributed by atoms with Crippen molar-refractivity contribution in [2.45, 2.75) is 13.3 Å². The number of hydrogen-bond donors (Lipinski definition) is 2. The van der Waals surface area contributed by atoms with E-state index in [1.165, 1.54) is 13.0 Å². The fraction of sp³-hybridized carbons (Fsp3) is 0.250. The van der Waals surface area contributed by atoms with Crippen molar-refractivity contribution in [2.24, 2.45) is 0 Å². The van der Waals surface area contributed by atoms with Crippen molar-refractivity contribution < 1.29 is 18.5 Å². The van der Waals surface area contributed by atoms with Gasteiger partial charge in [0.2, 0.25) is 0 Å². The smallest absolute Gasteiger partial charge is 0.281 e. The van der Waals surface area contributed by atoms with Gasteiger partial charge in [0.1, 0.15) is 12.0 Å². The number of hydrazine groups is 1. The largest absolute Gasteiger partial charge is 0.317 e. The molecule has 0 saturated heterocycles. The number of anilines is 1. The van der Waals surface area contributed by atoms with E-state index in [9.17, 15) is 23.7 Å². The first-order valence-corrected chi connectivity index (χ1v) is 4.37. The second kappa shape index (κ2) is 5.14. The Hall–Kier alpha value is -2.32. The summed E-state index contributed by atoms with van der Waals surface area (Å²) in [5, 5.41) is 10.4. The van der Waals surface area contributed by atoms with E-state index in [0.29, 0.717) is 5.56 Å². The minimum atomic E-state index is -3.15. The molecule has 1 heterocycles. The zero-order valence-electron chi connectivity index (χ0n) is 8.61. The van der Waals surface area contributed by atoms with E-state index >= 15 is 0 Å². The van der Waals surface area contributed by atoms with E-state index in [0.717, 1.165) is 6.20 Å². The number of nitrogens with zero attached hydrogens (tertiary/aromatic N) is 2. The van der Waals surface area contributed by atoms with Crippen LogP contribution in [0.5, 0.6) is 0 Å². The van der Waals surface area contributed by atoms with Crippen molar-refractivity contribution >= 4 is 17.4 Å². The Morgan fingerprint density at radius 1 is 1.59 bits per heavy atom. The van der Waals surface area contributed by atoms with E-state index in [2.05, 4.69) is 10.4 Å². The fourth-order valence-electron chi connectivity index (χ4n) is 0.966. The fourth-order valence-corrected chi connectivity index (χ4v) is 0.966. The molecule has 9 heteroatoms. The van der Waals surface area contributed by atoms with Crippen LogP contribution in [0.25, 0.3) is 0 Å². The highest BCUT2D eigenvalue weighted by molar-refractivity contribution is 5.80. The first-order chi connectivity index (χ1) is 7.91. The molecule has 0 aliphatic rings. The number of amides is 1. The third-order valence-corrected chi connectivity index (χ3v) is 1.78. The van der Waals surface area contributed by atoms with Crippen LogP contribution in [0, 0.1) is 17.0 Å². The Labute approximate surface area is 94.0 Å². The maximum absolute atomic E-state index is 11.8. The molecule has 17 heavy (non-hydrogen) atoms. The van der Waals surface area contributed by atoms with E-state index in [1.807, 2.05) is 0 Å². The van der Waals surface area contributed by atoms with Gasteiger partial charge in [-0.25, -0.2) is 4.98 Å². The van der Waals surface area contributed by atoms with Gasteiger partial charge >= 0.3 is 12.3 Å². The molecule has 0 unspecified atom stereocenters. The minimum Gasteiger partial charge on any atom is -0.281 e. The van der Waals surface area contributed by atoms with Crippen molar-refractivity contribution in [3.8, 4) is 0 Å². The lowest BCUT2D eigenvalue weighted by atomic mass is 10.3. The van der Waals surface area contributed by atoms with Crippen molar-refractivity contribution in [1.82, 2.24) is 10.4 Å². The first kappa shape index (κ1) is 12.7. The molecular weight excluding hydrogens is 238 g/mol. The Bertz CT molecular complexity index is 452. The lowest BCUT2D eigenvalue weighted by molar-refractivity contribution is -0.385. The van der Waals surface area contributed by atoms with E-state index in [-0.39, 0.29) is 11.5 Å². The maximum atomic E-state index is 11.8. The van der Waals surface area contributed by atoms with Crippen LogP contribution in [0.15, 0.2) is 12.3 Å². The van der Waals surface area contributed by atoms with Crippen molar-refractivity contribution in [3.63, 3.8) is 0 Å². The van der Waals surface area contributed by atoms with E-state index < -0.39 is 17.3 Å². The highest BCUT2D eigenvalue weighted by Crippen LogP contribution is 2.17. The van der Waals surface area contributed by atoms with Crippen LogP contribution in [-0.4, -0.2) is 22.2 Å². The van der Waals surface area contributed by atoms with Gasteiger partial charge < -0.3 is 0 Å². The SMILES string of the molecule is Cc1cc([N+](=O)[O-])cnc1NNC(=O)C(F)F. The molecule has 0 saturated carbocycles. The average molecular weight is 246 g/mol. The van der Waals surface area contributed by atoms with Crippen LogP contribution in [0.4, 0.5) is 20.3 Å². The van der Waals surface area contributed by atoms with Crippen LogP contribution in [0.1, 0.15) is 5.56 Å². The van der Waals surface area contributed by atoms with Crippen LogP contribution >= 0.6 is 0 Å². The normalized spacial score (nSPS) is 10.1. The quantitative estimate of drug-likeness (QED) is 0.610. The molecule has 0 bridgehead atoms. The topological polar surface area (TPSA) is 97.2 Å². The van der Waals surface area contributed by atoms with Crippen LogP contribution in [-0.2, 0) is 4.79 Å². The summed E-state index contributed by atoms with van der Waals surface area (Å²) in [6.45, 7) is 1.48. The summed E-state index contributed by atoms with van der Waals surface area (Å²) in [7, 11) is 0. The Balaban J connectivity index is 2.73. The third kappa shape index (κ3) is 3.33. The number of aryl methyl sites for hydroxylation is 1. The zero-order chi connectivity index (χ0) is 13.0. The molecule has 0 fully saturated rings. The molecule has 92 valence electrons. The average Bonchev–Trinajstić information content (AvgIpc) is 2.26. The zero-order valence-corrected chi connectivity index (χ0v) is 8.61. The van der Waals surface area contributed by atoms with E-state index in [4.69, 9.17) is 0 Å². The molecular formula is C8H8F2N4O3.